The van der Waals surface area contributed by atoms with Crippen molar-refractivity contribution in [3.8, 4) is 0 Å². The zero-order valence-corrected chi connectivity index (χ0v) is 13.0. The Morgan fingerprint density at radius 1 is 1.27 bits per heavy atom. The van der Waals surface area contributed by atoms with Gasteiger partial charge >= 0.3 is 5.97 Å². The zero-order valence-electron chi connectivity index (χ0n) is 11.4. The Hall–Kier alpha value is -2.52. The predicted octanol–water partition coefficient (Wildman–Crippen LogP) is 3.25. The van der Waals surface area contributed by atoms with E-state index in [0.29, 0.717) is 16.3 Å². The van der Waals surface area contributed by atoms with Crippen molar-refractivity contribution in [2.75, 3.05) is 17.7 Å². The molecule has 0 aliphatic rings. The summed E-state index contributed by atoms with van der Waals surface area (Å²) in [5, 5.41) is 18.3. The summed E-state index contributed by atoms with van der Waals surface area (Å²) in [7, 11) is 1.30. The van der Waals surface area contributed by atoms with Gasteiger partial charge in [0.2, 0.25) is 0 Å². The smallest absolute Gasteiger partial charge is 0.350 e. The fourth-order valence-electron chi connectivity index (χ4n) is 1.61. The van der Waals surface area contributed by atoms with Crippen molar-refractivity contribution in [3.63, 3.8) is 0 Å². The van der Waals surface area contributed by atoms with E-state index in [-0.39, 0.29) is 10.8 Å². The topological polar surface area (TPSA) is 93.5 Å². The Bertz CT molecular complexity index is 712. The zero-order chi connectivity index (χ0) is 16.1. The first kappa shape index (κ1) is 15.9. The van der Waals surface area contributed by atoms with E-state index in [0.717, 1.165) is 0 Å². The number of hydrogen-bond donors (Lipinski definition) is 2. The summed E-state index contributed by atoms with van der Waals surface area (Å²) in [6.07, 6.45) is 0. The third-order valence-corrected chi connectivity index (χ3v) is 3.72. The minimum Gasteiger partial charge on any atom is -0.465 e. The molecule has 0 bridgehead atoms. The van der Waals surface area contributed by atoms with Gasteiger partial charge < -0.3 is 15.4 Å². The van der Waals surface area contributed by atoms with Crippen molar-refractivity contribution in [2.45, 2.75) is 0 Å². The number of anilines is 2. The second kappa shape index (κ2) is 6.96. The van der Waals surface area contributed by atoms with Crippen LogP contribution < -0.4 is 10.6 Å². The summed E-state index contributed by atoms with van der Waals surface area (Å²) in [4.78, 5) is 22.1. The molecule has 0 aliphatic carbocycles. The Morgan fingerprint density at radius 3 is 2.55 bits per heavy atom. The van der Waals surface area contributed by atoms with Crippen LogP contribution >= 0.6 is 23.6 Å². The molecule has 1 aromatic heterocycles. The molecule has 1 aromatic carbocycles. The Morgan fingerprint density at radius 2 is 1.95 bits per heavy atom. The number of thiocarbonyl (C=S) groups is 1. The first-order chi connectivity index (χ1) is 10.5. The highest BCUT2D eigenvalue weighted by molar-refractivity contribution is 7.80. The Labute approximate surface area is 135 Å². The average molecular weight is 337 g/mol. The van der Waals surface area contributed by atoms with Crippen molar-refractivity contribution in [1.29, 1.82) is 0 Å². The molecule has 114 valence electrons. The normalized spacial score (nSPS) is 9.86. The van der Waals surface area contributed by atoms with Crippen LogP contribution in [-0.2, 0) is 4.74 Å². The van der Waals surface area contributed by atoms with E-state index in [2.05, 4.69) is 15.4 Å². The summed E-state index contributed by atoms with van der Waals surface area (Å²) in [5.41, 5.74) is 1.13. The molecule has 0 radical (unpaired) electrons. The van der Waals surface area contributed by atoms with Crippen molar-refractivity contribution >= 4 is 51.7 Å². The number of carbonyl (C=O) groups excluding carboxylic acids is 1. The predicted molar refractivity (Wildman–Crippen MR) is 88.6 cm³/mol. The molecule has 9 heteroatoms. The van der Waals surface area contributed by atoms with E-state index in [4.69, 9.17) is 12.2 Å². The second-order valence-electron chi connectivity index (χ2n) is 4.04. The molecule has 0 spiro atoms. The third kappa shape index (κ3) is 3.77. The largest absolute Gasteiger partial charge is 0.465 e. The van der Waals surface area contributed by atoms with Gasteiger partial charge in [0.15, 0.2) is 5.11 Å². The number of rotatable bonds is 4. The van der Waals surface area contributed by atoms with Crippen LogP contribution in [0.2, 0.25) is 0 Å². The Balaban J connectivity index is 2.03. The maximum atomic E-state index is 11.6. The molecular weight excluding hydrogens is 326 g/mol. The van der Waals surface area contributed by atoms with Crippen molar-refractivity contribution in [3.05, 3.63) is 50.7 Å². The first-order valence-electron chi connectivity index (χ1n) is 5.99. The SMILES string of the molecule is COC(=O)c1sccc1NC(=S)Nc1ccc([N+](=O)[O-])cc1. The lowest BCUT2D eigenvalue weighted by Crippen LogP contribution is -2.20. The van der Waals surface area contributed by atoms with Gasteiger partial charge in [0.05, 0.1) is 17.7 Å². The number of carbonyl (C=O) groups is 1. The van der Waals surface area contributed by atoms with Crippen LogP contribution in [0, 0.1) is 10.1 Å². The fourth-order valence-corrected chi connectivity index (χ4v) is 2.60. The summed E-state index contributed by atoms with van der Waals surface area (Å²) in [6, 6.07) is 7.54. The van der Waals surface area contributed by atoms with E-state index in [1.807, 2.05) is 0 Å². The molecule has 2 aromatic rings. The number of esters is 1. The van der Waals surface area contributed by atoms with Gasteiger partial charge in [-0.25, -0.2) is 4.79 Å². The number of nitro groups is 1. The maximum absolute atomic E-state index is 11.6. The van der Waals surface area contributed by atoms with E-state index in [9.17, 15) is 14.9 Å². The number of thiophene rings is 1. The van der Waals surface area contributed by atoms with Crippen LogP contribution in [0.4, 0.5) is 17.1 Å². The standard InChI is InChI=1S/C13H11N3O4S2/c1-20-12(17)11-10(6-7-22-11)15-13(21)14-8-2-4-9(5-3-8)16(18)19/h2-7H,1H3,(H2,14,15,21). The van der Waals surface area contributed by atoms with Crippen molar-refractivity contribution in [1.82, 2.24) is 0 Å². The van der Waals surface area contributed by atoms with Gasteiger partial charge in [-0.2, -0.15) is 0 Å². The molecular formula is C13H11N3O4S2. The summed E-state index contributed by atoms with van der Waals surface area (Å²) in [5.74, 6) is -0.448. The lowest BCUT2D eigenvalue weighted by molar-refractivity contribution is -0.384. The maximum Gasteiger partial charge on any atom is 0.350 e. The van der Waals surface area contributed by atoms with E-state index >= 15 is 0 Å². The molecule has 0 saturated carbocycles. The lowest BCUT2D eigenvalue weighted by Gasteiger charge is -2.10. The summed E-state index contributed by atoms with van der Waals surface area (Å²) in [6.45, 7) is 0. The highest BCUT2D eigenvalue weighted by Gasteiger charge is 2.14. The van der Waals surface area contributed by atoms with Crippen molar-refractivity contribution in [2.24, 2.45) is 0 Å². The number of non-ortho nitro benzene ring substituents is 1. The molecule has 2 rings (SSSR count). The number of ether oxygens (including phenoxy) is 1. The number of nitro benzene ring substituents is 1. The summed E-state index contributed by atoms with van der Waals surface area (Å²) >= 11 is 6.38. The third-order valence-electron chi connectivity index (χ3n) is 2.62. The minimum absolute atomic E-state index is 0.00441. The number of methoxy groups -OCH3 is 1. The van der Waals surface area contributed by atoms with E-state index in [1.54, 1.807) is 23.6 Å². The highest BCUT2D eigenvalue weighted by Crippen LogP contribution is 2.23. The van der Waals surface area contributed by atoms with Crippen molar-refractivity contribution < 1.29 is 14.5 Å². The van der Waals surface area contributed by atoms with Crippen LogP contribution in [0.25, 0.3) is 0 Å². The highest BCUT2D eigenvalue weighted by atomic mass is 32.1. The van der Waals surface area contributed by atoms with Gasteiger partial charge in [-0.15, -0.1) is 11.3 Å². The Kier molecular flexibility index (Phi) is 5.02. The molecule has 0 fully saturated rings. The van der Waals surface area contributed by atoms with Gasteiger partial charge in [0.1, 0.15) is 4.88 Å². The fraction of sp³-hybridized carbons (Fsp3) is 0.0769. The van der Waals surface area contributed by atoms with Crippen LogP contribution in [0.5, 0.6) is 0 Å². The number of nitrogens with one attached hydrogen (secondary N) is 2. The van der Waals surface area contributed by atoms with E-state index in [1.165, 1.54) is 30.6 Å². The number of hydrogen-bond acceptors (Lipinski definition) is 6. The molecule has 22 heavy (non-hydrogen) atoms. The summed E-state index contributed by atoms with van der Waals surface area (Å²) < 4.78 is 4.67. The monoisotopic (exact) mass is 337 g/mol. The molecule has 0 atom stereocenters. The van der Waals surface area contributed by atoms with Crippen LogP contribution in [-0.4, -0.2) is 23.1 Å². The van der Waals surface area contributed by atoms with Gasteiger partial charge in [-0.05, 0) is 35.8 Å². The molecule has 0 unspecified atom stereocenters. The average Bonchev–Trinajstić information content (AvgIpc) is 2.95. The minimum atomic E-state index is -0.478. The number of benzene rings is 1. The lowest BCUT2D eigenvalue weighted by atomic mass is 10.3. The number of nitrogens with zero attached hydrogens (tertiary/aromatic N) is 1. The van der Waals surface area contributed by atoms with Crippen LogP contribution in [0.1, 0.15) is 9.67 Å². The first-order valence-corrected chi connectivity index (χ1v) is 7.28. The molecule has 2 N–H and O–H groups in total. The van der Waals surface area contributed by atoms with Crippen LogP contribution in [0.15, 0.2) is 35.7 Å². The molecule has 0 aliphatic heterocycles. The second-order valence-corrected chi connectivity index (χ2v) is 5.36. The molecule has 7 nitrogen and oxygen atoms in total. The molecule has 1 heterocycles. The molecule has 0 amide bonds. The van der Waals surface area contributed by atoms with Crippen LogP contribution in [0.3, 0.4) is 0 Å². The van der Waals surface area contributed by atoms with Gasteiger partial charge in [-0.3, -0.25) is 10.1 Å². The van der Waals surface area contributed by atoms with E-state index < -0.39 is 10.9 Å². The quantitative estimate of drug-likeness (QED) is 0.383. The van der Waals surface area contributed by atoms with Gasteiger partial charge in [0, 0.05) is 17.8 Å². The van der Waals surface area contributed by atoms with Gasteiger partial charge in [-0.1, -0.05) is 0 Å². The van der Waals surface area contributed by atoms with Gasteiger partial charge in [0.25, 0.3) is 5.69 Å². The molecule has 0 saturated heterocycles.